The molecule has 0 spiro atoms. The van der Waals surface area contributed by atoms with Crippen molar-refractivity contribution in [2.45, 2.75) is 33.0 Å². The molecule has 2 atom stereocenters. The van der Waals surface area contributed by atoms with Crippen LogP contribution in [0.25, 0.3) is 0 Å². The van der Waals surface area contributed by atoms with Crippen molar-refractivity contribution in [2.24, 2.45) is 7.05 Å². The maximum absolute atomic E-state index is 12.5. The molecule has 0 N–H and O–H groups in total. The summed E-state index contributed by atoms with van der Waals surface area (Å²) in [5.41, 5.74) is 1.13. The Morgan fingerprint density at radius 3 is 2.39 bits per heavy atom. The standard InChI is InChI=1S/C12H18ClN3O2/c1-7-5-16(6-8(2)18-7)12(17)11-10(13)9(3)14-15(11)4/h7-8H,5-6H2,1-4H3/t7-,8+. The molecule has 100 valence electrons. The van der Waals surface area contributed by atoms with E-state index in [4.69, 9.17) is 16.3 Å². The summed E-state index contributed by atoms with van der Waals surface area (Å²) < 4.78 is 7.17. The summed E-state index contributed by atoms with van der Waals surface area (Å²) in [6.45, 7) is 6.90. The summed E-state index contributed by atoms with van der Waals surface area (Å²) in [7, 11) is 1.74. The second-order valence-corrected chi connectivity index (χ2v) is 5.22. The number of ether oxygens (including phenoxy) is 1. The van der Waals surface area contributed by atoms with Gasteiger partial charge in [-0.25, -0.2) is 0 Å². The fourth-order valence-corrected chi connectivity index (χ4v) is 2.60. The highest BCUT2D eigenvalue weighted by Gasteiger charge is 2.30. The third-order valence-electron chi connectivity index (χ3n) is 3.06. The summed E-state index contributed by atoms with van der Waals surface area (Å²) in [5, 5.41) is 4.61. The average Bonchev–Trinajstić information content (AvgIpc) is 2.51. The molecule has 1 saturated heterocycles. The molecule has 2 rings (SSSR count). The zero-order chi connectivity index (χ0) is 13.4. The molecule has 5 nitrogen and oxygen atoms in total. The van der Waals surface area contributed by atoms with E-state index in [1.165, 1.54) is 0 Å². The maximum Gasteiger partial charge on any atom is 0.273 e. The molecule has 0 aliphatic carbocycles. The quantitative estimate of drug-likeness (QED) is 0.780. The Balaban J connectivity index is 2.25. The van der Waals surface area contributed by atoms with Gasteiger partial charge in [-0.05, 0) is 20.8 Å². The lowest BCUT2D eigenvalue weighted by atomic mass is 10.2. The topological polar surface area (TPSA) is 47.4 Å². The third kappa shape index (κ3) is 2.37. The number of hydrogen-bond acceptors (Lipinski definition) is 3. The predicted molar refractivity (Wildman–Crippen MR) is 68.9 cm³/mol. The molecule has 0 unspecified atom stereocenters. The number of amides is 1. The minimum atomic E-state index is -0.0786. The number of aromatic nitrogens is 2. The van der Waals surface area contributed by atoms with Gasteiger partial charge in [0.05, 0.1) is 22.9 Å². The van der Waals surface area contributed by atoms with E-state index in [9.17, 15) is 4.79 Å². The number of hydrogen-bond donors (Lipinski definition) is 0. The Kier molecular flexibility index (Phi) is 3.64. The molecule has 2 heterocycles. The number of carbonyl (C=O) groups excluding carboxylic acids is 1. The molecule has 18 heavy (non-hydrogen) atoms. The van der Waals surface area contributed by atoms with Crippen molar-refractivity contribution in [3.05, 3.63) is 16.4 Å². The molecule has 1 fully saturated rings. The van der Waals surface area contributed by atoms with E-state index in [-0.39, 0.29) is 18.1 Å². The van der Waals surface area contributed by atoms with Gasteiger partial charge in [-0.2, -0.15) is 5.10 Å². The molecule has 1 aromatic heterocycles. The smallest absolute Gasteiger partial charge is 0.273 e. The number of rotatable bonds is 1. The first-order chi connectivity index (χ1) is 8.40. The van der Waals surface area contributed by atoms with Gasteiger partial charge in [0.1, 0.15) is 5.69 Å². The first-order valence-corrected chi connectivity index (χ1v) is 6.41. The Bertz CT molecular complexity index is 462. The van der Waals surface area contributed by atoms with E-state index in [2.05, 4.69) is 5.10 Å². The first kappa shape index (κ1) is 13.4. The average molecular weight is 272 g/mol. The molecule has 1 aromatic rings. The van der Waals surface area contributed by atoms with Crippen LogP contribution in [0.3, 0.4) is 0 Å². The van der Waals surface area contributed by atoms with Gasteiger partial charge in [-0.1, -0.05) is 11.6 Å². The van der Waals surface area contributed by atoms with Crippen molar-refractivity contribution >= 4 is 17.5 Å². The normalized spacial score (nSPS) is 24.4. The van der Waals surface area contributed by atoms with Gasteiger partial charge < -0.3 is 9.64 Å². The van der Waals surface area contributed by atoms with Crippen molar-refractivity contribution in [1.82, 2.24) is 14.7 Å². The van der Waals surface area contributed by atoms with E-state index in [1.54, 1.807) is 23.6 Å². The zero-order valence-corrected chi connectivity index (χ0v) is 11.9. The Morgan fingerprint density at radius 2 is 1.94 bits per heavy atom. The van der Waals surface area contributed by atoms with Crippen LogP contribution in [0.2, 0.25) is 5.02 Å². The largest absolute Gasteiger partial charge is 0.372 e. The van der Waals surface area contributed by atoms with Crippen LogP contribution < -0.4 is 0 Å². The zero-order valence-electron chi connectivity index (χ0n) is 11.1. The van der Waals surface area contributed by atoms with Gasteiger partial charge in [0.2, 0.25) is 0 Å². The SMILES string of the molecule is Cc1nn(C)c(C(=O)N2C[C@@H](C)O[C@@H](C)C2)c1Cl. The molecule has 1 amide bonds. The molecule has 0 aromatic carbocycles. The monoisotopic (exact) mass is 271 g/mol. The minimum absolute atomic E-state index is 0.0470. The van der Waals surface area contributed by atoms with Gasteiger partial charge in [-0.3, -0.25) is 9.48 Å². The number of halogens is 1. The van der Waals surface area contributed by atoms with Gasteiger partial charge in [0, 0.05) is 20.1 Å². The molecular formula is C12H18ClN3O2. The second kappa shape index (κ2) is 4.90. The Morgan fingerprint density at radius 1 is 1.39 bits per heavy atom. The number of carbonyl (C=O) groups is 1. The van der Waals surface area contributed by atoms with Crippen LogP contribution in [0.4, 0.5) is 0 Å². The second-order valence-electron chi connectivity index (χ2n) is 4.84. The van der Waals surface area contributed by atoms with Crippen LogP contribution in [0.15, 0.2) is 0 Å². The third-order valence-corrected chi connectivity index (χ3v) is 3.51. The van der Waals surface area contributed by atoms with Crippen molar-refractivity contribution in [3.63, 3.8) is 0 Å². The van der Waals surface area contributed by atoms with Gasteiger partial charge >= 0.3 is 0 Å². The molecular weight excluding hydrogens is 254 g/mol. The summed E-state index contributed by atoms with van der Waals surface area (Å²) >= 11 is 6.14. The highest BCUT2D eigenvalue weighted by molar-refractivity contribution is 6.34. The van der Waals surface area contributed by atoms with Crippen LogP contribution >= 0.6 is 11.6 Å². The summed E-state index contributed by atoms with van der Waals surface area (Å²) in [4.78, 5) is 14.2. The van der Waals surface area contributed by atoms with Crippen molar-refractivity contribution < 1.29 is 9.53 Å². The van der Waals surface area contributed by atoms with Crippen LogP contribution in [0.5, 0.6) is 0 Å². The van der Waals surface area contributed by atoms with Crippen molar-refractivity contribution in [2.75, 3.05) is 13.1 Å². The minimum Gasteiger partial charge on any atom is -0.372 e. The lowest BCUT2D eigenvalue weighted by molar-refractivity contribution is -0.0588. The van der Waals surface area contributed by atoms with Crippen LogP contribution in [-0.2, 0) is 11.8 Å². The molecule has 0 radical (unpaired) electrons. The lowest BCUT2D eigenvalue weighted by Crippen LogP contribution is -2.48. The van der Waals surface area contributed by atoms with Gasteiger partial charge in [-0.15, -0.1) is 0 Å². The molecule has 0 saturated carbocycles. The Labute approximate surface area is 112 Å². The van der Waals surface area contributed by atoms with Crippen LogP contribution in [0.1, 0.15) is 30.0 Å². The fourth-order valence-electron chi connectivity index (χ4n) is 2.36. The van der Waals surface area contributed by atoms with Gasteiger partial charge in [0.15, 0.2) is 0 Å². The van der Waals surface area contributed by atoms with Gasteiger partial charge in [0.25, 0.3) is 5.91 Å². The molecule has 0 bridgehead atoms. The Hall–Kier alpha value is -1.07. The van der Waals surface area contributed by atoms with Crippen molar-refractivity contribution in [1.29, 1.82) is 0 Å². The molecule has 1 aliphatic rings. The highest BCUT2D eigenvalue weighted by atomic mass is 35.5. The van der Waals surface area contributed by atoms with Crippen LogP contribution in [0, 0.1) is 6.92 Å². The number of aryl methyl sites for hydroxylation is 2. The first-order valence-electron chi connectivity index (χ1n) is 6.04. The van der Waals surface area contributed by atoms with Crippen molar-refractivity contribution in [3.8, 4) is 0 Å². The summed E-state index contributed by atoms with van der Waals surface area (Å²) in [6, 6.07) is 0. The van der Waals surface area contributed by atoms with E-state index in [0.29, 0.717) is 29.5 Å². The fraction of sp³-hybridized carbons (Fsp3) is 0.667. The van der Waals surface area contributed by atoms with E-state index >= 15 is 0 Å². The predicted octanol–water partition coefficient (Wildman–Crippen LogP) is 1.63. The molecule has 6 heteroatoms. The maximum atomic E-state index is 12.5. The highest BCUT2D eigenvalue weighted by Crippen LogP contribution is 2.22. The lowest BCUT2D eigenvalue weighted by Gasteiger charge is -2.35. The number of nitrogens with zero attached hydrogens (tertiary/aromatic N) is 3. The summed E-state index contributed by atoms with van der Waals surface area (Å²) in [5.74, 6) is -0.0786. The number of morpholine rings is 1. The van der Waals surface area contributed by atoms with E-state index in [0.717, 1.165) is 0 Å². The summed E-state index contributed by atoms with van der Waals surface area (Å²) in [6.07, 6.45) is 0.0941. The van der Waals surface area contributed by atoms with E-state index in [1.807, 2.05) is 13.8 Å². The van der Waals surface area contributed by atoms with Crippen LogP contribution in [-0.4, -0.2) is 45.9 Å². The van der Waals surface area contributed by atoms with E-state index < -0.39 is 0 Å². The molecule has 1 aliphatic heterocycles.